The molecule has 1 unspecified atom stereocenters. The van der Waals surface area contributed by atoms with Gasteiger partial charge in [0.15, 0.2) is 0 Å². The van der Waals surface area contributed by atoms with Gasteiger partial charge in [-0.05, 0) is 93.4 Å². The summed E-state index contributed by atoms with van der Waals surface area (Å²) < 4.78 is 2.64. The molecular formula is C13H13I2NS. The van der Waals surface area contributed by atoms with Gasteiger partial charge in [-0.3, -0.25) is 0 Å². The molecule has 2 aromatic rings. The van der Waals surface area contributed by atoms with E-state index in [9.17, 15) is 0 Å². The number of benzene rings is 1. The van der Waals surface area contributed by atoms with Crippen LogP contribution in [0.25, 0.3) is 0 Å². The fraction of sp³-hybridized carbons (Fsp3) is 0.231. The Kier molecular flexibility index (Phi) is 5.25. The van der Waals surface area contributed by atoms with Crippen molar-refractivity contribution in [3.05, 3.63) is 53.3 Å². The summed E-state index contributed by atoms with van der Waals surface area (Å²) in [7, 11) is 2.03. The summed E-state index contributed by atoms with van der Waals surface area (Å²) >= 11 is 6.52. The molecule has 2 rings (SSSR count). The van der Waals surface area contributed by atoms with E-state index in [1.54, 1.807) is 11.3 Å². The van der Waals surface area contributed by atoms with Crippen molar-refractivity contribution in [3.63, 3.8) is 0 Å². The molecule has 1 nitrogen and oxygen atoms in total. The van der Waals surface area contributed by atoms with E-state index in [2.05, 4.69) is 86.2 Å². The highest BCUT2D eigenvalue weighted by atomic mass is 127. The lowest BCUT2D eigenvalue weighted by atomic mass is 10.0. The van der Waals surface area contributed by atoms with Crippen molar-refractivity contribution in [2.24, 2.45) is 0 Å². The molecule has 1 N–H and O–H groups in total. The van der Waals surface area contributed by atoms with Gasteiger partial charge in [-0.1, -0.05) is 12.1 Å². The Balaban J connectivity index is 2.12. The highest BCUT2D eigenvalue weighted by Gasteiger charge is 2.11. The predicted octanol–water partition coefficient (Wildman–Crippen LogP) is 4.46. The lowest BCUT2D eigenvalue weighted by Crippen LogP contribution is -2.18. The Bertz CT molecular complexity index is 478. The highest BCUT2D eigenvalue weighted by Crippen LogP contribution is 2.25. The summed E-state index contributed by atoms with van der Waals surface area (Å²) in [5.74, 6) is 0. The minimum absolute atomic E-state index is 0.412. The van der Waals surface area contributed by atoms with Crippen LogP contribution in [0, 0.1) is 6.45 Å². The van der Waals surface area contributed by atoms with E-state index in [1.807, 2.05) is 7.05 Å². The van der Waals surface area contributed by atoms with Gasteiger partial charge in [-0.15, -0.1) is 11.3 Å². The molecular weight excluding hydrogens is 456 g/mol. The molecule has 0 radical (unpaired) electrons. The number of halogens is 2. The first-order chi connectivity index (χ1) is 8.19. The van der Waals surface area contributed by atoms with Crippen molar-refractivity contribution in [3.8, 4) is 0 Å². The summed E-state index contributed by atoms with van der Waals surface area (Å²) in [6.07, 6.45) is 1.04. The third kappa shape index (κ3) is 3.90. The van der Waals surface area contributed by atoms with E-state index in [4.69, 9.17) is 0 Å². The third-order valence-corrected chi connectivity index (χ3v) is 5.22. The second-order valence-electron chi connectivity index (χ2n) is 3.86. The normalized spacial score (nSPS) is 12.6. The Labute approximate surface area is 133 Å². The van der Waals surface area contributed by atoms with Crippen molar-refractivity contribution >= 4 is 56.5 Å². The van der Waals surface area contributed by atoms with Crippen LogP contribution >= 0.6 is 56.5 Å². The van der Waals surface area contributed by atoms with Crippen molar-refractivity contribution in [1.29, 1.82) is 0 Å². The molecule has 1 heterocycles. The molecule has 0 saturated heterocycles. The van der Waals surface area contributed by atoms with Crippen molar-refractivity contribution in [2.45, 2.75) is 12.5 Å². The van der Waals surface area contributed by atoms with E-state index in [1.165, 1.54) is 17.6 Å². The zero-order valence-corrected chi connectivity index (χ0v) is 14.5. The number of hydrogen-bond acceptors (Lipinski definition) is 2. The fourth-order valence-corrected chi connectivity index (χ4v) is 3.53. The highest BCUT2D eigenvalue weighted by molar-refractivity contribution is 14.1. The molecule has 17 heavy (non-hydrogen) atoms. The first kappa shape index (κ1) is 13.8. The van der Waals surface area contributed by atoms with Crippen LogP contribution in [-0.2, 0) is 6.42 Å². The predicted molar refractivity (Wildman–Crippen MR) is 91.7 cm³/mol. The van der Waals surface area contributed by atoms with Crippen LogP contribution in [-0.4, -0.2) is 7.05 Å². The lowest BCUT2D eigenvalue weighted by Gasteiger charge is -2.15. The Morgan fingerprint density at radius 3 is 2.47 bits per heavy atom. The largest absolute Gasteiger partial charge is 0.313 e. The summed E-state index contributed by atoms with van der Waals surface area (Å²) in [4.78, 5) is 0. The minimum Gasteiger partial charge on any atom is -0.313 e. The van der Waals surface area contributed by atoms with Crippen LogP contribution in [0.1, 0.15) is 17.2 Å². The zero-order chi connectivity index (χ0) is 12.3. The van der Waals surface area contributed by atoms with Crippen LogP contribution < -0.4 is 5.32 Å². The minimum atomic E-state index is 0.412. The van der Waals surface area contributed by atoms with Crippen molar-refractivity contribution in [2.75, 3.05) is 7.05 Å². The number of rotatable bonds is 4. The van der Waals surface area contributed by atoms with Gasteiger partial charge in [0.05, 0.1) is 2.88 Å². The topological polar surface area (TPSA) is 12.0 Å². The molecule has 0 aliphatic rings. The molecule has 1 aromatic heterocycles. The standard InChI is InChI=1S/C13H13I2NS/c1-16-12(10-7-13(15)17-8-10)6-9-2-4-11(14)5-3-9/h2-5,7-8,12,16H,6H2,1H3. The van der Waals surface area contributed by atoms with Crippen LogP contribution in [0.3, 0.4) is 0 Å². The zero-order valence-electron chi connectivity index (χ0n) is 9.41. The van der Waals surface area contributed by atoms with Gasteiger partial charge in [0.25, 0.3) is 0 Å². The van der Waals surface area contributed by atoms with E-state index < -0.39 is 0 Å². The Hall–Kier alpha value is 0.340. The van der Waals surface area contributed by atoms with E-state index in [-0.39, 0.29) is 0 Å². The quantitative estimate of drug-likeness (QED) is 0.653. The van der Waals surface area contributed by atoms with Crippen LogP contribution in [0.2, 0.25) is 0 Å². The second kappa shape index (κ2) is 6.49. The molecule has 0 saturated carbocycles. The van der Waals surface area contributed by atoms with Gasteiger partial charge in [0.2, 0.25) is 0 Å². The molecule has 1 atom stereocenters. The molecule has 0 bridgehead atoms. The second-order valence-corrected chi connectivity index (χ2v) is 7.91. The SMILES string of the molecule is CNC(Cc1ccc(I)cc1)c1csc(I)c1. The maximum atomic E-state index is 3.40. The third-order valence-electron chi connectivity index (χ3n) is 2.69. The number of nitrogens with one attached hydrogen (secondary N) is 1. The van der Waals surface area contributed by atoms with Gasteiger partial charge >= 0.3 is 0 Å². The average molecular weight is 469 g/mol. The molecule has 0 amide bonds. The maximum absolute atomic E-state index is 3.40. The molecule has 0 spiro atoms. The van der Waals surface area contributed by atoms with Gasteiger partial charge in [-0.25, -0.2) is 0 Å². The Morgan fingerprint density at radius 1 is 1.24 bits per heavy atom. The van der Waals surface area contributed by atoms with Gasteiger partial charge in [0.1, 0.15) is 0 Å². The van der Waals surface area contributed by atoms with Crippen LogP contribution in [0.5, 0.6) is 0 Å². The lowest BCUT2D eigenvalue weighted by molar-refractivity contribution is 0.594. The number of likely N-dealkylation sites (N-methyl/N-ethyl adjacent to an activating group) is 1. The molecule has 90 valence electrons. The summed E-state index contributed by atoms with van der Waals surface area (Å²) in [6.45, 7) is 0. The molecule has 0 fully saturated rings. The molecule has 1 aromatic carbocycles. The number of thiophene rings is 1. The van der Waals surface area contributed by atoms with Crippen molar-refractivity contribution in [1.82, 2.24) is 5.32 Å². The van der Waals surface area contributed by atoms with Gasteiger partial charge < -0.3 is 5.32 Å². The smallest absolute Gasteiger partial charge is 0.0656 e. The summed E-state index contributed by atoms with van der Waals surface area (Å²) in [5.41, 5.74) is 2.77. The van der Waals surface area contributed by atoms with E-state index in [0.717, 1.165) is 6.42 Å². The summed E-state index contributed by atoms with van der Waals surface area (Å²) in [5, 5.41) is 5.64. The first-order valence-corrected chi connectivity index (χ1v) is 8.38. The number of hydrogen-bond donors (Lipinski definition) is 1. The first-order valence-electron chi connectivity index (χ1n) is 5.34. The van der Waals surface area contributed by atoms with E-state index >= 15 is 0 Å². The molecule has 0 aliphatic carbocycles. The van der Waals surface area contributed by atoms with Gasteiger partial charge in [-0.2, -0.15) is 0 Å². The van der Waals surface area contributed by atoms with Crippen LogP contribution in [0.15, 0.2) is 35.7 Å². The average Bonchev–Trinajstić information content (AvgIpc) is 2.75. The fourth-order valence-electron chi connectivity index (χ4n) is 1.75. The molecule has 4 heteroatoms. The van der Waals surface area contributed by atoms with Gasteiger partial charge in [0, 0.05) is 9.61 Å². The van der Waals surface area contributed by atoms with Crippen molar-refractivity contribution < 1.29 is 0 Å². The summed E-state index contributed by atoms with van der Waals surface area (Å²) in [6, 6.07) is 11.4. The van der Waals surface area contributed by atoms with Crippen LogP contribution in [0.4, 0.5) is 0 Å². The molecule has 0 aliphatic heterocycles. The van der Waals surface area contributed by atoms with E-state index in [0.29, 0.717) is 6.04 Å². The Morgan fingerprint density at radius 2 is 1.94 bits per heavy atom. The monoisotopic (exact) mass is 469 g/mol. The maximum Gasteiger partial charge on any atom is 0.0656 e.